The predicted octanol–water partition coefficient (Wildman–Crippen LogP) is 2.19. The van der Waals surface area contributed by atoms with Crippen LogP contribution in [0.4, 0.5) is 23.8 Å². The van der Waals surface area contributed by atoms with E-state index in [9.17, 15) is 23.1 Å². The second-order valence-corrected chi connectivity index (χ2v) is 4.15. The maximum atomic E-state index is 12.7. The third-order valence-electron chi connectivity index (χ3n) is 2.69. The highest BCUT2D eigenvalue weighted by atomic mass is 19.4. The smallest absolute Gasteiger partial charge is 0.430 e. The van der Waals surface area contributed by atoms with Crippen LogP contribution in [0, 0.1) is 0 Å². The number of benzene rings is 1. The number of aromatic nitrogens is 2. The van der Waals surface area contributed by atoms with E-state index in [4.69, 9.17) is 5.84 Å². The average molecular weight is 316 g/mol. The van der Waals surface area contributed by atoms with E-state index in [2.05, 4.69) is 14.7 Å². The lowest BCUT2D eigenvalue weighted by molar-refractivity contribution is -0.137. The molecule has 0 aliphatic heterocycles. The van der Waals surface area contributed by atoms with Gasteiger partial charge in [0.25, 0.3) is 0 Å². The third-order valence-corrected chi connectivity index (χ3v) is 2.69. The van der Waals surface area contributed by atoms with Crippen LogP contribution < -0.4 is 10.9 Å². The summed E-state index contributed by atoms with van der Waals surface area (Å²) in [5.41, 5.74) is -1.17. The van der Waals surface area contributed by atoms with Crippen molar-refractivity contribution in [1.82, 2.24) is 9.97 Å². The van der Waals surface area contributed by atoms with Crippen LogP contribution in [0.2, 0.25) is 0 Å². The highest BCUT2D eigenvalue weighted by molar-refractivity contribution is 5.97. The second kappa shape index (κ2) is 5.64. The molecule has 3 N–H and O–H groups in total. The van der Waals surface area contributed by atoms with Crippen molar-refractivity contribution >= 4 is 22.8 Å². The van der Waals surface area contributed by atoms with Crippen LogP contribution in [0.1, 0.15) is 12.5 Å². The molecular weight excluding hydrogens is 305 g/mol. The van der Waals surface area contributed by atoms with Gasteiger partial charge in [0, 0.05) is 5.39 Å². The summed E-state index contributed by atoms with van der Waals surface area (Å²) >= 11 is 0. The van der Waals surface area contributed by atoms with Crippen molar-refractivity contribution in [3.05, 3.63) is 23.8 Å². The number of rotatable bonds is 2. The summed E-state index contributed by atoms with van der Waals surface area (Å²) < 4.78 is 42.7. The SMILES string of the molecule is CCOC(=O)N(N)c1nc(O)nc2cc(C(F)(F)F)ccc12. The number of halogens is 3. The number of aromatic hydroxyl groups is 1. The fourth-order valence-electron chi connectivity index (χ4n) is 1.74. The summed E-state index contributed by atoms with van der Waals surface area (Å²) in [5, 5.41) is 9.97. The monoisotopic (exact) mass is 316 g/mol. The molecule has 2 rings (SSSR count). The van der Waals surface area contributed by atoms with Crippen LogP contribution in [0.5, 0.6) is 6.01 Å². The molecule has 0 spiro atoms. The van der Waals surface area contributed by atoms with Crippen molar-refractivity contribution in [2.24, 2.45) is 5.84 Å². The number of anilines is 1. The first-order chi connectivity index (χ1) is 10.2. The van der Waals surface area contributed by atoms with Crippen molar-refractivity contribution in [2.75, 3.05) is 11.6 Å². The topological polar surface area (TPSA) is 102 Å². The Morgan fingerprint density at radius 2 is 2.09 bits per heavy atom. The van der Waals surface area contributed by atoms with E-state index in [1.807, 2.05) is 0 Å². The van der Waals surface area contributed by atoms with E-state index in [1.165, 1.54) is 0 Å². The van der Waals surface area contributed by atoms with E-state index in [0.717, 1.165) is 18.2 Å². The van der Waals surface area contributed by atoms with Crippen LogP contribution in [0.3, 0.4) is 0 Å². The quantitative estimate of drug-likeness (QED) is 0.500. The fourth-order valence-corrected chi connectivity index (χ4v) is 1.74. The number of nitrogens with two attached hydrogens (primary N) is 1. The number of hydrogen-bond donors (Lipinski definition) is 2. The Balaban J connectivity index is 2.58. The van der Waals surface area contributed by atoms with E-state index < -0.39 is 23.8 Å². The lowest BCUT2D eigenvalue weighted by Gasteiger charge is -2.17. The maximum absolute atomic E-state index is 12.7. The largest absolute Gasteiger partial charge is 0.479 e. The molecule has 1 aromatic heterocycles. The van der Waals surface area contributed by atoms with Gasteiger partial charge in [-0.2, -0.15) is 28.1 Å². The first kappa shape index (κ1) is 15.8. The molecule has 2 aromatic rings. The Labute approximate surface area is 122 Å². The molecule has 22 heavy (non-hydrogen) atoms. The van der Waals surface area contributed by atoms with Gasteiger partial charge in [0.2, 0.25) is 0 Å². The van der Waals surface area contributed by atoms with Crippen LogP contribution >= 0.6 is 0 Å². The Hall–Kier alpha value is -2.62. The molecule has 0 saturated heterocycles. The van der Waals surface area contributed by atoms with Gasteiger partial charge in [0.1, 0.15) is 0 Å². The van der Waals surface area contributed by atoms with Crippen LogP contribution in [0.15, 0.2) is 18.2 Å². The minimum atomic E-state index is -4.57. The summed E-state index contributed by atoms with van der Waals surface area (Å²) in [4.78, 5) is 18.6. The molecular formula is C12H11F3N4O3. The highest BCUT2D eigenvalue weighted by Gasteiger charge is 2.31. The number of hydrogen-bond acceptors (Lipinski definition) is 6. The maximum Gasteiger partial charge on any atom is 0.430 e. The fraction of sp³-hybridized carbons (Fsp3) is 0.250. The second-order valence-electron chi connectivity index (χ2n) is 4.15. The number of carbonyl (C=O) groups is 1. The number of ether oxygens (including phenoxy) is 1. The van der Waals surface area contributed by atoms with Gasteiger partial charge in [-0.15, -0.1) is 0 Å². The Morgan fingerprint density at radius 1 is 1.41 bits per heavy atom. The van der Waals surface area contributed by atoms with E-state index >= 15 is 0 Å². The van der Waals surface area contributed by atoms with Crippen molar-refractivity contribution in [2.45, 2.75) is 13.1 Å². The first-order valence-corrected chi connectivity index (χ1v) is 6.03. The molecule has 0 bridgehead atoms. The van der Waals surface area contributed by atoms with Crippen LogP contribution in [-0.4, -0.2) is 27.8 Å². The number of fused-ring (bicyclic) bond motifs is 1. The van der Waals surface area contributed by atoms with Gasteiger partial charge >= 0.3 is 18.3 Å². The Bertz CT molecular complexity index is 721. The molecule has 118 valence electrons. The van der Waals surface area contributed by atoms with Gasteiger partial charge in [0.15, 0.2) is 5.82 Å². The number of nitrogens with zero attached hydrogens (tertiary/aromatic N) is 3. The van der Waals surface area contributed by atoms with Crippen molar-refractivity contribution < 1.29 is 27.8 Å². The number of carbonyl (C=O) groups excluding carboxylic acids is 1. The zero-order chi connectivity index (χ0) is 16.5. The van der Waals surface area contributed by atoms with Crippen LogP contribution in [-0.2, 0) is 10.9 Å². The van der Waals surface area contributed by atoms with Crippen LogP contribution in [0.25, 0.3) is 10.9 Å². The molecule has 10 heteroatoms. The lowest BCUT2D eigenvalue weighted by Crippen LogP contribution is -2.38. The highest BCUT2D eigenvalue weighted by Crippen LogP contribution is 2.33. The molecule has 0 saturated carbocycles. The van der Waals surface area contributed by atoms with Gasteiger partial charge < -0.3 is 9.84 Å². The standard InChI is InChI=1S/C12H11F3N4O3/c1-2-22-11(21)19(16)9-7-4-3-6(12(13,14)15)5-8(7)17-10(20)18-9/h3-5H,2,16H2,1H3,(H,17,18,20). The number of alkyl halides is 3. The molecule has 1 aromatic carbocycles. The molecule has 7 nitrogen and oxygen atoms in total. The van der Waals surface area contributed by atoms with Gasteiger partial charge in [-0.25, -0.2) is 10.6 Å². The summed E-state index contributed by atoms with van der Waals surface area (Å²) in [7, 11) is 0. The molecule has 1 heterocycles. The Morgan fingerprint density at radius 3 is 2.68 bits per heavy atom. The molecule has 0 aliphatic carbocycles. The molecule has 0 radical (unpaired) electrons. The number of amides is 1. The van der Waals surface area contributed by atoms with Gasteiger partial charge in [-0.05, 0) is 25.1 Å². The van der Waals surface area contributed by atoms with Crippen molar-refractivity contribution in [1.29, 1.82) is 0 Å². The zero-order valence-corrected chi connectivity index (χ0v) is 11.3. The van der Waals surface area contributed by atoms with Crippen molar-refractivity contribution in [3.8, 4) is 6.01 Å². The number of hydrazine groups is 1. The summed E-state index contributed by atoms with van der Waals surface area (Å²) in [6, 6.07) is 1.76. The summed E-state index contributed by atoms with van der Waals surface area (Å²) in [5.74, 6) is 5.25. The van der Waals surface area contributed by atoms with Gasteiger partial charge in [0.05, 0.1) is 17.7 Å². The first-order valence-electron chi connectivity index (χ1n) is 6.03. The summed E-state index contributed by atoms with van der Waals surface area (Å²) in [6.07, 6.45) is -5.54. The van der Waals surface area contributed by atoms with Crippen molar-refractivity contribution in [3.63, 3.8) is 0 Å². The van der Waals surface area contributed by atoms with E-state index in [-0.39, 0.29) is 23.3 Å². The Kier molecular flexibility index (Phi) is 4.04. The molecule has 0 atom stereocenters. The minimum absolute atomic E-state index is 0.0414. The molecule has 0 fully saturated rings. The zero-order valence-electron chi connectivity index (χ0n) is 11.3. The molecule has 1 amide bonds. The predicted molar refractivity (Wildman–Crippen MR) is 69.9 cm³/mol. The van der Waals surface area contributed by atoms with E-state index in [1.54, 1.807) is 6.92 Å². The van der Waals surface area contributed by atoms with Gasteiger partial charge in [-0.1, -0.05) is 0 Å². The van der Waals surface area contributed by atoms with Gasteiger partial charge in [-0.3, -0.25) is 0 Å². The summed E-state index contributed by atoms with van der Waals surface area (Å²) in [6.45, 7) is 1.59. The normalized spacial score (nSPS) is 11.5. The molecule has 0 unspecified atom stereocenters. The minimum Gasteiger partial charge on any atom is -0.479 e. The average Bonchev–Trinajstić information content (AvgIpc) is 2.44. The van der Waals surface area contributed by atoms with E-state index in [0.29, 0.717) is 5.01 Å². The third kappa shape index (κ3) is 3.01. The lowest BCUT2D eigenvalue weighted by atomic mass is 10.1. The molecule has 0 aliphatic rings.